The van der Waals surface area contributed by atoms with Gasteiger partial charge in [-0.1, -0.05) is 35.3 Å². The molecule has 0 radical (unpaired) electrons. The molecule has 0 bridgehead atoms. The number of carbonyl (C=O) groups excluding carboxylic acids is 2. The highest BCUT2D eigenvalue weighted by Crippen LogP contribution is 2.47. The normalized spacial score (nSPS) is 22.4. The van der Waals surface area contributed by atoms with Gasteiger partial charge in [-0.15, -0.1) is 11.3 Å². The molecule has 2 atom stereocenters. The van der Waals surface area contributed by atoms with Crippen molar-refractivity contribution in [1.82, 2.24) is 9.80 Å². The van der Waals surface area contributed by atoms with Crippen LogP contribution in [0, 0.1) is 11.3 Å². The highest BCUT2D eigenvalue weighted by Gasteiger charge is 2.64. The Morgan fingerprint density at radius 3 is 2.40 bits per heavy atom. The molecule has 3 amide bonds. The SMILES string of the molecule is CN1C(=O)N(c2cc(Cl)cc(Cl)c2)C(=O)[C@]12CN(Cc1ccc(Br)s1)C[C@H]2c1ccc(C#N)cc1. The van der Waals surface area contributed by atoms with Gasteiger partial charge in [0.05, 0.1) is 21.1 Å². The number of carbonyl (C=O) groups is 2. The smallest absolute Gasteiger partial charge is 0.310 e. The third-order valence-corrected chi connectivity index (χ3v) is 8.73. The summed E-state index contributed by atoms with van der Waals surface area (Å²) in [6.45, 7) is 1.61. The first-order chi connectivity index (χ1) is 16.7. The standard InChI is InChI=1S/C25H19BrCl2N4O2S/c1-30-24(34)32(19-9-17(27)8-18(28)10-19)23(33)25(30)14-31(12-20-6-7-22(26)35-20)13-21(25)16-4-2-15(11-29)3-5-16/h2-10,21H,12-14H2,1H3/t21-,25+/m0/s1. The van der Waals surface area contributed by atoms with Crippen LogP contribution in [0.15, 0.2) is 58.4 Å². The molecule has 3 aromatic rings. The van der Waals surface area contributed by atoms with Crippen molar-refractivity contribution in [1.29, 1.82) is 5.26 Å². The molecule has 5 rings (SSSR count). The number of halogens is 3. The van der Waals surface area contributed by atoms with Gasteiger partial charge < -0.3 is 4.90 Å². The van der Waals surface area contributed by atoms with Crippen LogP contribution in [0.2, 0.25) is 10.0 Å². The Labute approximate surface area is 225 Å². The molecule has 2 aromatic carbocycles. The Bertz CT molecular complexity index is 1350. The van der Waals surface area contributed by atoms with Crippen LogP contribution in [0.25, 0.3) is 0 Å². The predicted octanol–water partition coefficient (Wildman–Crippen LogP) is 6.13. The first-order valence-corrected chi connectivity index (χ1v) is 13.1. The quantitative estimate of drug-likeness (QED) is 0.344. The zero-order valence-electron chi connectivity index (χ0n) is 18.5. The molecule has 0 aliphatic carbocycles. The maximum absolute atomic E-state index is 14.2. The summed E-state index contributed by atoms with van der Waals surface area (Å²) >= 11 is 17.5. The average Bonchev–Trinajstić information content (AvgIpc) is 3.46. The van der Waals surface area contributed by atoms with Crippen molar-refractivity contribution >= 4 is 68.1 Å². The van der Waals surface area contributed by atoms with E-state index in [2.05, 4.69) is 33.0 Å². The van der Waals surface area contributed by atoms with Crippen molar-refractivity contribution in [2.24, 2.45) is 0 Å². The molecule has 10 heteroatoms. The molecular formula is C25H19BrCl2N4O2S. The zero-order valence-corrected chi connectivity index (χ0v) is 22.5. The minimum atomic E-state index is -1.12. The lowest BCUT2D eigenvalue weighted by Gasteiger charge is -2.34. The largest absolute Gasteiger partial charge is 0.332 e. The molecule has 0 saturated carbocycles. The Morgan fingerprint density at radius 2 is 1.80 bits per heavy atom. The number of urea groups is 1. The van der Waals surface area contributed by atoms with Crippen molar-refractivity contribution < 1.29 is 9.59 Å². The Kier molecular flexibility index (Phi) is 6.41. The minimum Gasteiger partial charge on any atom is -0.310 e. The zero-order chi connectivity index (χ0) is 24.9. The van der Waals surface area contributed by atoms with Crippen LogP contribution in [0.1, 0.15) is 21.9 Å². The van der Waals surface area contributed by atoms with Gasteiger partial charge in [-0.3, -0.25) is 9.69 Å². The summed E-state index contributed by atoms with van der Waals surface area (Å²) in [6.07, 6.45) is 0. The van der Waals surface area contributed by atoms with Gasteiger partial charge in [0.2, 0.25) is 0 Å². The molecule has 6 nitrogen and oxygen atoms in total. The molecule has 2 aliphatic heterocycles. The minimum absolute atomic E-state index is 0.292. The van der Waals surface area contributed by atoms with Crippen LogP contribution in [-0.4, -0.2) is 47.4 Å². The van der Waals surface area contributed by atoms with E-state index in [-0.39, 0.29) is 11.8 Å². The van der Waals surface area contributed by atoms with E-state index >= 15 is 0 Å². The van der Waals surface area contributed by atoms with E-state index in [0.29, 0.717) is 40.9 Å². The van der Waals surface area contributed by atoms with Gasteiger partial charge in [0.1, 0.15) is 5.54 Å². The lowest BCUT2D eigenvalue weighted by Crippen LogP contribution is -2.53. The van der Waals surface area contributed by atoms with E-state index in [1.165, 1.54) is 4.90 Å². The summed E-state index contributed by atoms with van der Waals surface area (Å²) in [5.41, 5.74) is 0.672. The first kappa shape index (κ1) is 24.3. The number of benzene rings is 2. The van der Waals surface area contributed by atoms with Crippen molar-refractivity contribution in [2.75, 3.05) is 25.0 Å². The summed E-state index contributed by atoms with van der Waals surface area (Å²) in [7, 11) is 1.67. The van der Waals surface area contributed by atoms with Crippen molar-refractivity contribution in [2.45, 2.75) is 18.0 Å². The van der Waals surface area contributed by atoms with E-state index in [1.54, 1.807) is 53.6 Å². The Balaban J connectivity index is 1.58. The van der Waals surface area contributed by atoms with Gasteiger partial charge in [0.15, 0.2) is 0 Å². The molecule has 2 saturated heterocycles. The van der Waals surface area contributed by atoms with Crippen LogP contribution < -0.4 is 4.90 Å². The molecule has 0 unspecified atom stereocenters. The molecule has 2 aliphatic rings. The summed E-state index contributed by atoms with van der Waals surface area (Å²) in [5, 5.41) is 9.92. The van der Waals surface area contributed by atoms with Gasteiger partial charge in [0, 0.05) is 47.5 Å². The van der Waals surface area contributed by atoms with Crippen LogP contribution in [0.4, 0.5) is 10.5 Å². The number of imide groups is 1. The Hall–Kier alpha value is -2.41. The lowest BCUT2D eigenvalue weighted by atomic mass is 9.80. The number of nitrogens with zero attached hydrogens (tertiary/aromatic N) is 4. The number of likely N-dealkylation sites (tertiary alicyclic amines) is 1. The second-order valence-corrected chi connectivity index (χ2v) is 12.1. The van der Waals surface area contributed by atoms with Crippen LogP contribution in [-0.2, 0) is 11.3 Å². The Morgan fingerprint density at radius 1 is 1.11 bits per heavy atom. The third-order valence-electron chi connectivity index (χ3n) is 6.69. The third kappa shape index (κ3) is 4.15. The van der Waals surface area contributed by atoms with Crippen molar-refractivity contribution in [3.05, 3.63) is 84.4 Å². The van der Waals surface area contributed by atoms with Crippen LogP contribution in [0.3, 0.4) is 0 Å². The topological polar surface area (TPSA) is 67.7 Å². The summed E-state index contributed by atoms with van der Waals surface area (Å²) < 4.78 is 1.04. The number of rotatable bonds is 4. The fourth-order valence-electron chi connectivity index (χ4n) is 5.07. The van der Waals surface area contributed by atoms with Crippen molar-refractivity contribution in [3.63, 3.8) is 0 Å². The fraction of sp³-hybridized carbons (Fsp3) is 0.240. The molecule has 0 N–H and O–H groups in total. The molecule has 178 valence electrons. The van der Waals surface area contributed by atoms with Gasteiger partial charge in [-0.25, -0.2) is 9.69 Å². The van der Waals surface area contributed by atoms with Crippen molar-refractivity contribution in [3.8, 4) is 6.07 Å². The average molecular weight is 590 g/mol. The second-order valence-electron chi connectivity index (χ2n) is 8.70. The first-order valence-electron chi connectivity index (χ1n) is 10.8. The summed E-state index contributed by atoms with van der Waals surface area (Å²) in [4.78, 5) is 33.8. The number of thiophene rings is 1. The molecule has 1 aromatic heterocycles. The van der Waals surface area contributed by atoms with Gasteiger partial charge in [-0.2, -0.15) is 5.26 Å². The van der Waals surface area contributed by atoms with E-state index in [4.69, 9.17) is 23.2 Å². The molecular weight excluding hydrogens is 571 g/mol. The lowest BCUT2D eigenvalue weighted by molar-refractivity contribution is -0.124. The second kappa shape index (κ2) is 9.23. The van der Waals surface area contributed by atoms with Gasteiger partial charge in [-0.05, 0) is 64.0 Å². The maximum atomic E-state index is 14.2. The number of amides is 3. The highest BCUT2D eigenvalue weighted by atomic mass is 79.9. The summed E-state index contributed by atoms with van der Waals surface area (Å²) in [5.74, 6) is -0.604. The van der Waals surface area contributed by atoms with Crippen LogP contribution >= 0.6 is 50.5 Å². The van der Waals surface area contributed by atoms with Gasteiger partial charge >= 0.3 is 6.03 Å². The molecule has 2 fully saturated rings. The fourth-order valence-corrected chi connectivity index (χ4v) is 7.11. The predicted molar refractivity (Wildman–Crippen MR) is 141 cm³/mol. The maximum Gasteiger partial charge on any atom is 0.332 e. The number of likely N-dealkylation sites (N-methyl/N-ethyl adjacent to an activating group) is 1. The number of hydrogen-bond donors (Lipinski definition) is 0. The monoisotopic (exact) mass is 588 g/mol. The van der Waals surface area contributed by atoms with E-state index in [0.717, 1.165) is 14.2 Å². The number of anilines is 1. The highest BCUT2D eigenvalue weighted by molar-refractivity contribution is 9.11. The molecule has 1 spiro atoms. The van der Waals surface area contributed by atoms with Gasteiger partial charge in [0.25, 0.3) is 5.91 Å². The van der Waals surface area contributed by atoms with Crippen LogP contribution in [0.5, 0.6) is 0 Å². The molecule has 35 heavy (non-hydrogen) atoms. The van der Waals surface area contributed by atoms with E-state index in [1.807, 2.05) is 18.2 Å². The summed E-state index contributed by atoms with van der Waals surface area (Å²) in [6, 6.07) is 17.7. The molecule has 3 heterocycles. The number of nitriles is 1. The van der Waals surface area contributed by atoms with E-state index in [9.17, 15) is 14.9 Å². The van der Waals surface area contributed by atoms with E-state index < -0.39 is 11.6 Å². The number of hydrogen-bond acceptors (Lipinski definition) is 5.